The molecule has 1 heterocycles. The fourth-order valence-corrected chi connectivity index (χ4v) is 1.61. The lowest BCUT2D eigenvalue weighted by Crippen LogP contribution is -2.32. The first-order chi connectivity index (χ1) is 7.65. The quantitative estimate of drug-likeness (QED) is 0.774. The van der Waals surface area contributed by atoms with Crippen LogP contribution < -0.4 is 5.32 Å². The summed E-state index contributed by atoms with van der Waals surface area (Å²) in [6.45, 7) is 7.12. The third kappa shape index (κ3) is 3.17. The van der Waals surface area contributed by atoms with Gasteiger partial charge in [-0.15, -0.1) is 5.10 Å². The summed E-state index contributed by atoms with van der Waals surface area (Å²) < 4.78 is 0. The lowest BCUT2D eigenvalue weighted by atomic mass is 9.83. The highest BCUT2D eigenvalue weighted by Crippen LogP contribution is 2.25. The molecule has 0 saturated heterocycles. The number of aliphatic hydroxyl groups is 1. The van der Waals surface area contributed by atoms with Gasteiger partial charge in [0, 0.05) is 12.0 Å². The van der Waals surface area contributed by atoms with E-state index in [-0.39, 0.29) is 12.0 Å². The van der Waals surface area contributed by atoms with Crippen molar-refractivity contribution in [3.63, 3.8) is 0 Å². The first-order valence-corrected chi connectivity index (χ1v) is 5.80. The highest BCUT2D eigenvalue weighted by molar-refractivity contribution is 5.35. The van der Waals surface area contributed by atoms with Gasteiger partial charge in [0.05, 0.1) is 12.8 Å². The number of nitrogens with one attached hydrogen (secondary N) is 1. The third-order valence-corrected chi connectivity index (χ3v) is 3.27. The summed E-state index contributed by atoms with van der Waals surface area (Å²) in [7, 11) is 0. The molecule has 0 bridgehead atoms. The van der Waals surface area contributed by atoms with E-state index >= 15 is 0 Å². The molecule has 0 aliphatic heterocycles. The van der Waals surface area contributed by atoms with Gasteiger partial charge in [0.15, 0.2) is 0 Å². The Balaban J connectivity index is 2.62. The molecule has 0 aliphatic carbocycles. The van der Waals surface area contributed by atoms with E-state index in [4.69, 9.17) is 0 Å². The van der Waals surface area contributed by atoms with E-state index in [2.05, 4.69) is 29.4 Å². The average molecular weight is 223 g/mol. The third-order valence-electron chi connectivity index (χ3n) is 3.27. The van der Waals surface area contributed by atoms with Gasteiger partial charge in [-0.1, -0.05) is 13.8 Å². The van der Waals surface area contributed by atoms with E-state index in [0.29, 0.717) is 0 Å². The smallest absolute Gasteiger partial charge is 0.148 e. The zero-order chi connectivity index (χ0) is 12.0. The van der Waals surface area contributed by atoms with Gasteiger partial charge in [-0.2, -0.15) is 5.10 Å². The summed E-state index contributed by atoms with van der Waals surface area (Å²) in [6, 6.07) is 1.96. The molecule has 0 amide bonds. The first kappa shape index (κ1) is 12.9. The van der Waals surface area contributed by atoms with Gasteiger partial charge in [0.25, 0.3) is 0 Å². The number of aryl methyl sites for hydroxylation is 1. The molecule has 0 aliphatic rings. The number of hydrogen-bond acceptors (Lipinski definition) is 4. The largest absolute Gasteiger partial charge is 0.396 e. The lowest BCUT2D eigenvalue weighted by molar-refractivity contribution is 0.127. The van der Waals surface area contributed by atoms with Gasteiger partial charge in [-0.25, -0.2) is 0 Å². The number of nitrogens with zero attached hydrogens (tertiary/aromatic N) is 2. The fraction of sp³-hybridized carbons (Fsp3) is 0.667. The molecule has 0 saturated carbocycles. The normalized spacial score (nSPS) is 11.5. The minimum Gasteiger partial charge on any atom is -0.396 e. The molecule has 16 heavy (non-hydrogen) atoms. The van der Waals surface area contributed by atoms with Crippen molar-refractivity contribution in [1.29, 1.82) is 0 Å². The van der Waals surface area contributed by atoms with Gasteiger partial charge in [-0.3, -0.25) is 0 Å². The molecule has 1 aromatic rings. The molecule has 0 fully saturated rings. The zero-order valence-corrected chi connectivity index (χ0v) is 10.3. The van der Waals surface area contributed by atoms with Crippen LogP contribution in [0.3, 0.4) is 0 Å². The van der Waals surface area contributed by atoms with Crippen LogP contribution >= 0.6 is 0 Å². The summed E-state index contributed by atoms with van der Waals surface area (Å²) in [6.07, 6.45) is 3.63. The maximum atomic E-state index is 9.43. The minimum atomic E-state index is -0.0502. The molecular formula is C12H21N3O. The van der Waals surface area contributed by atoms with Crippen molar-refractivity contribution in [3.05, 3.63) is 17.8 Å². The molecule has 1 aromatic heterocycles. The van der Waals surface area contributed by atoms with Gasteiger partial charge in [0.2, 0.25) is 0 Å². The summed E-state index contributed by atoms with van der Waals surface area (Å²) in [4.78, 5) is 0. The van der Waals surface area contributed by atoms with Crippen molar-refractivity contribution < 1.29 is 5.11 Å². The number of anilines is 1. The Morgan fingerprint density at radius 3 is 2.56 bits per heavy atom. The molecule has 1 rings (SSSR count). The van der Waals surface area contributed by atoms with Crippen LogP contribution in [0.2, 0.25) is 0 Å². The zero-order valence-electron chi connectivity index (χ0n) is 10.3. The highest BCUT2D eigenvalue weighted by Gasteiger charge is 2.24. The molecular weight excluding hydrogens is 202 g/mol. The molecule has 4 heteroatoms. The van der Waals surface area contributed by atoms with E-state index in [1.165, 1.54) is 0 Å². The predicted octanol–water partition coefficient (Wildman–Crippen LogP) is 2.00. The van der Waals surface area contributed by atoms with Crippen LogP contribution in [0.25, 0.3) is 0 Å². The molecule has 2 N–H and O–H groups in total. The number of rotatable bonds is 6. The molecule has 0 atom stereocenters. The van der Waals surface area contributed by atoms with Crippen LogP contribution in [0, 0.1) is 12.3 Å². The van der Waals surface area contributed by atoms with E-state index in [0.717, 1.165) is 30.8 Å². The topological polar surface area (TPSA) is 58.0 Å². The van der Waals surface area contributed by atoms with Gasteiger partial charge < -0.3 is 10.4 Å². The Morgan fingerprint density at radius 1 is 1.38 bits per heavy atom. The van der Waals surface area contributed by atoms with Crippen molar-refractivity contribution in [2.24, 2.45) is 5.41 Å². The van der Waals surface area contributed by atoms with Crippen molar-refractivity contribution in [3.8, 4) is 0 Å². The average Bonchev–Trinajstić information content (AvgIpc) is 2.32. The lowest BCUT2D eigenvalue weighted by Gasteiger charge is -2.29. The molecule has 90 valence electrons. The van der Waals surface area contributed by atoms with Crippen LogP contribution in [0.4, 0.5) is 5.82 Å². The molecule has 0 radical (unpaired) electrons. The molecule has 4 nitrogen and oxygen atoms in total. The minimum absolute atomic E-state index is 0.0502. The number of aliphatic hydroxyl groups excluding tert-OH is 1. The maximum absolute atomic E-state index is 9.43. The maximum Gasteiger partial charge on any atom is 0.148 e. The fourth-order valence-electron chi connectivity index (χ4n) is 1.61. The summed E-state index contributed by atoms with van der Waals surface area (Å²) in [5, 5.41) is 20.6. The van der Waals surface area contributed by atoms with E-state index in [9.17, 15) is 5.11 Å². The van der Waals surface area contributed by atoms with Crippen molar-refractivity contribution in [2.75, 3.05) is 18.5 Å². The van der Waals surface area contributed by atoms with Gasteiger partial charge in [-0.05, 0) is 31.4 Å². The van der Waals surface area contributed by atoms with Crippen LogP contribution in [0.15, 0.2) is 12.3 Å². The van der Waals surface area contributed by atoms with Crippen LogP contribution in [0.1, 0.15) is 32.3 Å². The second-order valence-electron chi connectivity index (χ2n) is 4.34. The highest BCUT2D eigenvalue weighted by atomic mass is 16.3. The van der Waals surface area contributed by atoms with E-state index in [1.807, 2.05) is 13.0 Å². The second kappa shape index (κ2) is 5.80. The summed E-state index contributed by atoms with van der Waals surface area (Å²) in [5.41, 5.74) is 1.03. The van der Waals surface area contributed by atoms with Crippen molar-refractivity contribution in [1.82, 2.24) is 10.2 Å². The number of hydrogen-bond donors (Lipinski definition) is 2. The monoisotopic (exact) mass is 223 g/mol. The first-order valence-electron chi connectivity index (χ1n) is 5.80. The Morgan fingerprint density at radius 2 is 2.06 bits per heavy atom. The van der Waals surface area contributed by atoms with Gasteiger partial charge in [0.1, 0.15) is 5.82 Å². The van der Waals surface area contributed by atoms with Crippen LogP contribution in [0.5, 0.6) is 0 Å². The SMILES string of the molecule is CCC(CC)(CO)CNc1cc(C)cnn1. The standard InChI is InChI=1S/C12H21N3O/c1-4-12(5-2,9-16)8-13-11-6-10(3)7-14-15-11/h6-7,16H,4-5,8-9H2,1-3H3,(H,13,15). The predicted molar refractivity (Wildman–Crippen MR) is 65.4 cm³/mol. The Kier molecular flexibility index (Phi) is 4.68. The Bertz CT molecular complexity index is 316. The number of aromatic nitrogens is 2. The Hall–Kier alpha value is -1.16. The Labute approximate surface area is 97.1 Å². The summed E-state index contributed by atoms with van der Waals surface area (Å²) >= 11 is 0. The van der Waals surface area contributed by atoms with Crippen LogP contribution in [-0.4, -0.2) is 28.5 Å². The van der Waals surface area contributed by atoms with Crippen molar-refractivity contribution in [2.45, 2.75) is 33.6 Å². The van der Waals surface area contributed by atoms with Crippen LogP contribution in [-0.2, 0) is 0 Å². The molecule has 0 unspecified atom stereocenters. The van der Waals surface area contributed by atoms with E-state index in [1.54, 1.807) is 6.20 Å². The second-order valence-corrected chi connectivity index (χ2v) is 4.34. The van der Waals surface area contributed by atoms with E-state index < -0.39 is 0 Å². The molecule has 0 aromatic carbocycles. The van der Waals surface area contributed by atoms with Gasteiger partial charge >= 0.3 is 0 Å². The van der Waals surface area contributed by atoms with Crippen molar-refractivity contribution >= 4 is 5.82 Å². The summed E-state index contributed by atoms with van der Waals surface area (Å²) in [5.74, 6) is 0.778. The molecule has 0 spiro atoms.